The lowest BCUT2D eigenvalue weighted by Gasteiger charge is -2.36. The van der Waals surface area contributed by atoms with Crippen LogP contribution in [0.4, 0.5) is 0 Å². The highest BCUT2D eigenvalue weighted by Crippen LogP contribution is 2.24. The molecule has 1 atom stereocenters. The van der Waals surface area contributed by atoms with Crippen molar-refractivity contribution in [3.8, 4) is 5.75 Å². The molecule has 6 nitrogen and oxygen atoms in total. The van der Waals surface area contributed by atoms with E-state index in [0.29, 0.717) is 19.1 Å². The zero-order valence-corrected chi connectivity index (χ0v) is 13.4. The predicted molar refractivity (Wildman–Crippen MR) is 86.4 cm³/mol. The van der Waals surface area contributed by atoms with Gasteiger partial charge in [-0.3, -0.25) is 9.69 Å². The topological polar surface area (TPSA) is 89.9 Å². The van der Waals surface area contributed by atoms with Crippen molar-refractivity contribution < 1.29 is 19.8 Å². The molecule has 1 heterocycles. The Hall–Kier alpha value is -2.08. The highest BCUT2D eigenvalue weighted by atomic mass is 16.4. The lowest BCUT2D eigenvalue weighted by molar-refractivity contribution is -0.119. The largest absolute Gasteiger partial charge is 0.507 e. The van der Waals surface area contributed by atoms with Gasteiger partial charge in [-0.1, -0.05) is 12.5 Å². The second kappa shape index (κ2) is 7.97. The number of phenols is 1. The quantitative estimate of drug-likeness (QED) is 0.745. The van der Waals surface area contributed by atoms with E-state index in [0.717, 1.165) is 31.4 Å². The summed E-state index contributed by atoms with van der Waals surface area (Å²) in [6, 6.07) is 5.13. The number of hydrogen-bond acceptors (Lipinski definition) is 4. The Labute approximate surface area is 136 Å². The molecular formula is C17H24N2O4. The third-order valence-electron chi connectivity index (χ3n) is 4.28. The van der Waals surface area contributed by atoms with Crippen LogP contribution < -0.4 is 5.32 Å². The Bertz CT molecular complexity index is 574. The van der Waals surface area contributed by atoms with E-state index in [9.17, 15) is 14.7 Å². The van der Waals surface area contributed by atoms with Gasteiger partial charge in [0.05, 0.1) is 0 Å². The Morgan fingerprint density at radius 2 is 2.13 bits per heavy atom. The SMILES string of the molecule is CC(=O)NCC[C@@H]1CCCCN1Cc1ccc(O)c(C(=O)O)c1. The molecule has 1 aromatic rings. The van der Waals surface area contributed by atoms with Crippen LogP contribution in [0.5, 0.6) is 5.75 Å². The van der Waals surface area contributed by atoms with Crippen molar-refractivity contribution in [2.45, 2.75) is 45.2 Å². The number of hydrogen-bond donors (Lipinski definition) is 3. The molecule has 0 radical (unpaired) electrons. The first-order valence-electron chi connectivity index (χ1n) is 8.01. The van der Waals surface area contributed by atoms with Crippen LogP contribution in [-0.4, -0.2) is 46.1 Å². The number of piperidine rings is 1. The molecule has 1 aliphatic rings. The van der Waals surface area contributed by atoms with Crippen LogP contribution >= 0.6 is 0 Å². The number of amides is 1. The molecule has 1 amide bonds. The molecular weight excluding hydrogens is 296 g/mol. The van der Waals surface area contributed by atoms with Crippen LogP contribution in [-0.2, 0) is 11.3 Å². The number of rotatable bonds is 6. The first-order chi connectivity index (χ1) is 11.0. The van der Waals surface area contributed by atoms with Gasteiger partial charge in [0.25, 0.3) is 0 Å². The van der Waals surface area contributed by atoms with Crippen molar-refractivity contribution in [3.63, 3.8) is 0 Å². The van der Waals surface area contributed by atoms with Gasteiger partial charge < -0.3 is 15.5 Å². The van der Waals surface area contributed by atoms with Gasteiger partial charge in [-0.15, -0.1) is 0 Å². The summed E-state index contributed by atoms with van der Waals surface area (Å²) in [4.78, 5) is 24.4. The fourth-order valence-electron chi connectivity index (χ4n) is 3.10. The van der Waals surface area contributed by atoms with Gasteiger partial charge in [0.2, 0.25) is 5.91 Å². The van der Waals surface area contributed by atoms with Crippen LogP contribution in [0, 0.1) is 0 Å². The Morgan fingerprint density at radius 3 is 2.83 bits per heavy atom. The number of carbonyl (C=O) groups excluding carboxylic acids is 1. The maximum atomic E-state index is 11.1. The fourth-order valence-corrected chi connectivity index (χ4v) is 3.10. The maximum Gasteiger partial charge on any atom is 0.339 e. The van der Waals surface area contributed by atoms with Crippen molar-refractivity contribution in [1.29, 1.82) is 0 Å². The minimum atomic E-state index is -1.12. The third-order valence-corrected chi connectivity index (χ3v) is 4.28. The molecule has 0 unspecified atom stereocenters. The number of benzene rings is 1. The van der Waals surface area contributed by atoms with E-state index < -0.39 is 5.97 Å². The number of carbonyl (C=O) groups is 2. The molecule has 6 heteroatoms. The predicted octanol–water partition coefficient (Wildman–Crippen LogP) is 1.97. The van der Waals surface area contributed by atoms with Gasteiger partial charge in [0.1, 0.15) is 11.3 Å². The summed E-state index contributed by atoms with van der Waals surface area (Å²) < 4.78 is 0. The number of aromatic hydroxyl groups is 1. The molecule has 0 spiro atoms. The van der Waals surface area contributed by atoms with Gasteiger partial charge in [0, 0.05) is 26.1 Å². The van der Waals surface area contributed by atoms with Crippen LogP contribution in [0.3, 0.4) is 0 Å². The number of nitrogens with zero attached hydrogens (tertiary/aromatic N) is 1. The monoisotopic (exact) mass is 320 g/mol. The summed E-state index contributed by atoms with van der Waals surface area (Å²) in [6.07, 6.45) is 4.28. The van der Waals surface area contributed by atoms with E-state index in [1.165, 1.54) is 25.5 Å². The van der Waals surface area contributed by atoms with Crippen molar-refractivity contribution in [3.05, 3.63) is 29.3 Å². The van der Waals surface area contributed by atoms with Gasteiger partial charge in [-0.25, -0.2) is 4.79 Å². The van der Waals surface area contributed by atoms with E-state index in [-0.39, 0.29) is 17.2 Å². The van der Waals surface area contributed by atoms with E-state index >= 15 is 0 Å². The second-order valence-electron chi connectivity index (χ2n) is 6.05. The minimum Gasteiger partial charge on any atom is -0.507 e. The molecule has 0 aromatic heterocycles. The first kappa shape index (κ1) is 17.3. The number of aromatic carboxylic acids is 1. The van der Waals surface area contributed by atoms with E-state index in [4.69, 9.17) is 5.11 Å². The van der Waals surface area contributed by atoms with E-state index in [1.54, 1.807) is 6.07 Å². The maximum absolute atomic E-state index is 11.1. The summed E-state index contributed by atoms with van der Waals surface area (Å²) in [6.45, 7) is 3.80. The highest BCUT2D eigenvalue weighted by Gasteiger charge is 2.22. The summed E-state index contributed by atoms with van der Waals surface area (Å²) in [5.41, 5.74) is 0.820. The molecule has 126 valence electrons. The van der Waals surface area contributed by atoms with Gasteiger partial charge in [0.15, 0.2) is 0 Å². The average molecular weight is 320 g/mol. The van der Waals surface area contributed by atoms with Crippen molar-refractivity contribution in [2.24, 2.45) is 0 Å². The molecule has 1 aromatic carbocycles. The molecule has 23 heavy (non-hydrogen) atoms. The third kappa shape index (κ3) is 4.96. The summed E-state index contributed by atoms with van der Waals surface area (Å²) in [7, 11) is 0. The number of likely N-dealkylation sites (tertiary alicyclic amines) is 1. The average Bonchev–Trinajstić information content (AvgIpc) is 2.50. The highest BCUT2D eigenvalue weighted by molar-refractivity contribution is 5.90. The molecule has 2 rings (SSSR count). The molecule has 1 fully saturated rings. The van der Waals surface area contributed by atoms with Gasteiger partial charge in [-0.05, 0) is 43.5 Å². The number of carboxylic acid groups (broad SMARTS) is 1. The Kier molecular flexibility index (Phi) is 5.98. The van der Waals surface area contributed by atoms with Crippen LogP contribution in [0.2, 0.25) is 0 Å². The van der Waals surface area contributed by atoms with E-state index in [2.05, 4.69) is 10.2 Å². The molecule has 1 aliphatic heterocycles. The molecule has 3 N–H and O–H groups in total. The lowest BCUT2D eigenvalue weighted by atomic mass is 9.98. The van der Waals surface area contributed by atoms with Gasteiger partial charge in [-0.2, -0.15) is 0 Å². The zero-order chi connectivity index (χ0) is 16.8. The normalized spacial score (nSPS) is 18.6. The number of carboxylic acids is 1. The zero-order valence-electron chi connectivity index (χ0n) is 13.4. The number of nitrogens with one attached hydrogen (secondary N) is 1. The second-order valence-corrected chi connectivity index (χ2v) is 6.05. The summed E-state index contributed by atoms with van der Waals surface area (Å²) in [5.74, 6) is -1.34. The Balaban J connectivity index is 2.02. The van der Waals surface area contributed by atoms with Crippen LogP contribution in [0.15, 0.2) is 18.2 Å². The van der Waals surface area contributed by atoms with Crippen molar-refractivity contribution in [1.82, 2.24) is 10.2 Å². The van der Waals surface area contributed by atoms with Crippen molar-refractivity contribution >= 4 is 11.9 Å². The summed E-state index contributed by atoms with van der Waals surface area (Å²) in [5, 5.41) is 21.5. The molecule has 0 saturated carbocycles. The first-order valence-corrected chi connectivity index (χ1v) is 8.01. The lowest BCUT2D eigenvalue weighted by Crippen LogP contribution is -2.41. The fraction of sp³-hybridized carbons (Fsp3) is 0.529. The smallest absolute Gasteiger partial charge is 0.339 e. The minimum absolute atomic E-state index is 0.0167. The molecule has 0 aliphatic carbocycles. The molecule has 0 bridgehead atoms. The standard InChI is InChI=1S/C17H24N2O4/c1-12(20)18-8-7-14-4-2-3-9-19(14)11-13-5-6-16(21)15(10-13)17(22)23/h5-6,10,14,21H,2-4,7-9,11H2,1H3,(H,18,20)(H,22,23)/t14-/m0/s1. The summed E-state index contributed by atoms with van der Waals surface area (Å²) >= 11 is 0. The van der Waals surface area contributed by atoms with Crippen molar-refractivity contribution in [2.75, 3.05) is 13.1 Å². The van der Waals surface area contributed by atoms with Crippen LogP contribution in [0.1, 0.15) is 48.5 Å². The van der Waals surface area contributed by atoms with Gasteiger partial charge >= 0.3 is 5.97 Å². The molecule has 1 saturated heterocycles. The Morgan fingerprint density at radius 1 is 1.35 bits per heavy atom. The van der Waals surface area contributed by atoms with Crippen LogP contribution in [0.25, 0.3) is 0 Å². The van der Waals surface area contributed by atoms with E-state index in [1.807, 2.05) is 0 Å².